The first kappa shape index (κ1) is 11.9. The van der Waals surface area contributed by atoms with Crippen molar-refractivity contribution in [2.45, 2.75) is 33.3 Å². The SMILES string of the molecule is CNN(C(C)=O)C(=O)OC(C)(C)C. The zero-order valence-electron chi connectivity index (χ0n) is 8.67. The Bertz CT molecular complexity index is 208. The fourth-order valence-electron chi connectivity index (χ4n) is 0.685. The summed E-state index contributed by atoms with van der Waals surface area (Å²) in [7, 11) is 1.48. The van der Waals surface area contributed by atoms with Gasteiger partial charge in [-0.2, -0.15) is 5.01 Å². The van der Waals surface area contributed by atoms with Crippen LogP contribution in [0.1, 0.15) is 27.7 Å². The predicted molar refractivity (Wildman–Crippen MR) is 47.8 cm³/mol. The first-order chi connectivity index (χ1) is 5.78. The average molecular weight is 188 g/mol. The van der Waals surface area contributed by atoms with E-state index >= 15 is 0 Å². The lowest BCUT2D eigenvalue weighted by molar-refractivity contribution is -0.130. The van der Waals surface area contributed by atoms with E-state index in [0.717, 1.165) is 5.01 Å². The largest absolute Gasteiger partial charge is 0.442 e. The van der Waals surface area contributed by atoms with Gasteiger partial charge in [0.15, 0.2) is 0 Å². The van der Waals surface area contributed by atoms with Gasteiger partial charge in [-0.15, -0.1) is 0 Å². The van der Waals surface area contributed by atoms with E-state index in [0.29, 0.717) is 0 Å². The van der Waals surface area contributed by atoms with Crippen LogP contribution in [0.5, 0.6) is 0 Å². The molecular formula is C8H16N2O3. The lowest BCUT2D eigenvalue weighted by Crippen LogP contribution is -2.46. The topological polar surface area (TPSA) is 58.6 Å². The molecule has 0 rings (SSSR count). The summed E-state index contributed by atoms with van der Waals surface area (Å²) < 4.78 is 4.96. The first-order valence-electron chi connectivity index (χ1n) is 3.99. The van der Waals surface area contributed by atoms with Crippen molar-refractivity contribution in [2.24, 2.45) is 0 Å². The molecule has 2 amide bonds. The van der Waals surface area contributed by atoms with Crippen LogP contribution in [0.25, 0.3) is 0 Å². The van der Waals surface area contributed by atoms with E-state index in [2.05, 4.69) is 5.43 Å². The minimum Gasteiger partial charge on any atom is -0.442 e. The highest BCUT2D eigenvalue weighted by atomic mass is 16.6. The molecule has 0 atom stereocenters. The van der Waals surface area contributed by atoms with Gasteiger partial charge >= 0.3 is 6.09 Å². The third-order valence-corrected chi connectivity index (χ3v) is 1.11. The normalized spacial score (nSPS) is 10.8. The molecule has 0 aliphatic rings. The molecule has 0 saturated carbocycles. The Labute approximate surface area is 78.0 Å². The quantitative estimate of drug-likeness (QED) is 0.621. The minimum atomic E-state index is -0.692. The zero-order valence-corrected chi connectivity index (χ0v) is 8.67. The van der Waals surface area contributed by atoms with Crippen LogP contribution in [0.4, 0.5) is 4.79 Å². The number of amides is 2. The predicted octanol–water partition coefficient (Wildman–Crippen LogP) is 0.904. The summed E-state index contributed by atoms with van der Waals surface area (Å²) in [5.74, 6) is -0.406. The molecule has 0 aromatic heterocycles. The van der Waals surface area contributed by atoms with E-state index in [1.54, 1.807) is 20.8 Å². The van der Waals surface area contributed by atoms with Crippen molar-refractivity contribution in [2.75, 3.05) is 7.05 Å². The highest BCUT2D eigenvalue weighted by Crippen LogP contribution is 2.08. The monoisotopic (exact) mass is 188 g/mol. The number of rotatable bonds is 1. The second kappa shape index (κ2) is 4.23. The molecule has 5 nitrogen and oxygen atoms in total. The summed E-state index contributed by atoms with van der Waals surface area (Å²) in [4.78, 5) is 22.1. The lowest BCUT2D eigenvalue weighted by Gasteiger charge is -2.24. The van der Waals surface area contributed by atoms with Crippen molar-refractivity contribution >= 4 is 12.0 Å². The Balaban J connectivity index is 4.32. The van der Waals surface area contributed by atoms with Crippen molar-refractivity contribution in [3.8, 4) is 0 Å². The molecule has 0 spiro atoms. The lowest BCUT2D eigenvalue weighted by atomic mass is 10.2. The molecule has 0 radical (unpaired) electrons. The van der Waals surface area contributed by atoms with Gasteiger partial charge in [0, 0.05) is 14.0 Å². The van der Waals surface area contributed by atoms with Crippen LogP contribution in [0.3, 0.4) is 0 Å². The van der Waals surface area contributed by atoms with E-state index in [1.807, 2.05) is 0 Å². The number of imide groups is 1. The van der Waals surface area contributed by atoms with Crippen LogP contribution >= 0.6 is 0 Å². The smallest absolute Gasteiger partial charge is 0.432 e. The number of hydrazine groups is 1. The minimum absolute atomic E-state index is 0.406. The van der Waals surface area contributed by atoms with Crippen molar-refractivity contribution < 1.29 is 14.3 Å². The second-order valence-corrected chi connectivity index (χ2v) is 3.56. The van der Waals surface area contributed by atoms with Crippen molar-refractivity contribution in [3.63, 3.8) is 0 Å². The zero-order chi connectivity index (χ0) is 10.6. The molecule has 0 fully saturated rings. The Morgan fingerprint density at radius 1 is 1.31 bits per heavy atom. The van der Waals surface area contributed by atoms with Crippen LogP contribution in [0.2, 0.25) is 0 Å². The van der Waals surface area contributed by atoms with Gasteiger partial charge < -0.3 is 4.74 Å². The standard InChI is InChI=1S/C8H16N2O3/c1-6(11)10(9-5)7(12)13-8(2,3)4/h9H,1-5H3. The Kier molecular flexibility index (Phi) is 3.87. The van der Waals surface area contributed by atoms with Gasteiger partial charge in [-0.05, 0) is 20.8 Å². The van der Waals surface area contributed by atoms with Crippen molar-refractivity contribution in [1.29, 1.82) is 0 Å². The highest BCUT2D eigenvalue weighted by molar-refractivity contribution is 5.89. The van der Waals surface area contributed by atoms with Gasteiger partial charge in [0.25, 0.3) is 0 Å². The molecule has 0 aromatic carbocycles. The maximum Gasteiger partial charge on any atom is 0.432 e. The Hall–Kier alpha value is -1.10. The van der Waals surface area contributed by atoms with Crippen LogP contribution in [0.15, 0.2) is 0 Å². The summed E-state index contributed by atoms with van der Waals surface area (Å²) in [6, 6.07) is 0. The molecular weight excluding hydrogens is 172 g/mol. The van der Waals surface area contributed by atoms with Gasteiger partial charge in [0.05, 0.1) is 0 Å². The van der Waals surface area contributed by atoms with Gasteiger partial charge in [-0.1, -0.05) is 0 Å². The summed E-state index contributed by atoms with van der Waals surface area (Å²) in [6.07, 6.45) is -0.692. The highest BCUT2D eigenvalue weighted by Gasteiger charge is 2.23. The second-order valence-electron chi connectivity index (χ2n) is 3.56. The fraction of sp³-hybridized carbons (Fsp3) is 0.750. The molecule has 0 unspecified atom stereocenters. The first-order valence-corrected chi connectivity index (χ1v) is 3.99. The third-order valence-electron chi connectivity index (χ3n) is 1.11. The number of ether oxygens (including phenoxy) is 1. The number of carbonyl (C=O) groups excluding carboxylic acids is 2. The van der Waals surface area contributed by atoms with Crippen LogP contribution in [-0.4, -0.2) is 29.7 Å². The van der Waals surface area contributed by atoms with Crippen molar-refractivity contribution in [3.05, 3.63) is 0 Å². The van der Waals surface area contributed by atoms with Gasteiger partial charge in [-0.3, -0.25) is 4.79 Å². The molecule has 0 heterocycles. The van der Waals surface area contributed by atoms with E-state index in [9.17, 15) is 9.59 Å². The van der Waals surface area contributed by atoms with Crippen LogP contribution < -0.4 is 5.43 Å². The summed E-state index contributed by atoms with van der Waals surface area (Å²) in [5.41, 5.74) is 1.84. The number of hydrogen-bond acceptors (Lipinski definition) is 4. The Morgan fingerprint density at radius 2 is 1.77 bits per heavy atom. The van der Waals surface area contributed by atoms with Crippen molar-refractivity contribution in [1.82, 2.24) is 10.4 Å². The van der Waals surface area contributed by atoms with Crippen LogP contribution in [-0.2, 0) is 9.53 Å². The maximum atomic E-state index is 11.3. The van der Waals surface area contributed by atoms with Gasteiger partial charge in [-0.25, -0.2) is 10.2 Å². The van der Waals surface area contributed by atoms with E-state index < -0.39 is 17.6 Å². The molecule has 0 aliphatic heterocycles. The summed E-state index contributed by atoms with van der Waals surface area (Å²) in [6.45, 7) is 6.48. The number of nitrogens with zero attached hydrogens (tertiary/aromatic N) is 1. The molecule has 76 valence electrons. The number of carbonyl (C=O) groups is 2. The molecule has 0 aliphatic carbocycles. The average Bonchev–Trinajstić information content (AvgIpc) is 1.82. The maximum absolute atomic E-state index is 11.3. The summed E-state index contributed by atoms with van der Waals surface area (Å²) in [5, 5.41) is 0.811. The molecule has 0 bridgehead atoms. The number of nitrogens with one attached hydrogen (secondary N) is 1. The molecule has 13 heavy (non-hydrogen) atoms. The van der Waals surface area contributed by atoms with E-state index in [1.165, 1.54) is 14.0 Å². The number of hydrogen-bond donors (Lipinski definition) is 1. The third kappa shape index (κ3) is 4.47. The Morgan fingerprint density at radius 3 is 2.00 bits per heavy atom. The van der Waals surface area contributed by atoms with Gasteiger partial charge in [0.2, 0.25) is 5.91 Å². The van der Waals surface area contributed by atoms with E-state index in [-0.39, 0.29) is 0 Å². The van der Waals surface area contributed by atoms with E-state index in [4.69, 9.17) is 4.74 Å². The molecule has 0 saturated heterocycles. The summed E-state index contributed by atoms with van der Waals surface area (Å²) >= 11 is 0. The van der Waals surface area contributed by atoms with Crippen LogP contribution in [0, 0.1) is 0 Å². The molecule has 1 N–H and O–H groups in total. The molecule has 0 aromatic rings. The fourth-order valence-corrected chi connectivity index (χ4v) is 0.685. The molecule has 5 heteroatoms. The van der Waals surface area contributed by atoms with Gasteiger partial charge in [0.1, 0.15) is 5.60 Å².